The summed E-state index contributed by atoms with van der Waals surface area (Å²) in [6.07, 6.45) is 6.64. The molecule has 1 aliphatic heterocycles. The van der Waals surface area contributed by atoms with Crippen LogP contribution in [-0.2, 0) is 20.8 Å². The van der Waals surface area contributed by atoms with Crippen molar-refractivity contribution >= 4 is 34.4 Å². The van der Waals surface area contributed by atoms with Crippen molar-refractivity contribution in [3.05, 3.63) is 65.1 Å². The van der Waals surface area contributed by atoms with E-state index >= 15 is 0 Å². The summed E-state index contributed by atoms with van der Waals surface area (Å²) >= 11 is 1.07. The molecule has 4 heteroatoms. The summed E-state index contributed by atoms with van der Waals surface area (Å²) in [5.41, 5.74) is 4.18. The third-order valence-corrected chi connectivity index (χ3v) is 3.67. The monoisotopic (exact) mass is 358 g/mol. The third kappa shape index (κ3) is 3.38. The minimum atomic E-state index is -0.826. The average molecular weight is 360 g/mol. The topological polar surface area (TPSA) is 0 Å². The Kier molecular flexibility index (Phi) is 5.63. The fraction of sp³-hybridized carbons (Fsp3) is 0.0769. The number of hydrogen-bond donors (Lipinski definition) is 0. The Hall–Kier alpha value is 0.253. The van der Waals surface area contributed by atoms with E-state index in [1.807, 2.05) is 11.8 Å². The molecule has 86 valence electrons. The number of allylic oxidation sites excluding steroid dienone is 3. The predicted molar refractivity (Wildman–Crippen MR) is 74.7 cm³/mol. The zero-order chi connectivity index (χ0) is 12.1. The zero-order valence-electron chi connectivity index (χ0n) is 8.94. The van der Waals surface area contributed by atoms with Gasteiger partial charge in [0.15, 0.2) is 0 Å². The van der Waals surface area contributed by atoms with Crippen molar-refractivity contribution in [3.8, 4) is 0 Å². The maximum atomic E-state index is 4.93. The van der Waals surface area contributed by atoms with Gasteiger partial charge in [0.1, 0.15) is 0 Å². The molecule has 1 aromatic carbocycles. The molecule has 17 heavy (non-hydrogen) atoms. The Morgan fingerprint density at radius 2 is 1.82 bits per heavy atom. The van der Waals surface area contributed by atoms with Crippen molar-refractivity contribution in [2.75, 3.05) is 0 Å². The van der Waals surface area contributed by atoms with Gasteiger partial charge in [-0.15, -0.1) is 11.8 Å². The molecule has 0 aromatic heterocycles. The van der Waals surface area contributed by atoms with Crippen LogP contribution in [0.1, 0.15) is 5.56 Å². The fourth-order valence-electron chi connectivity index (χ4n) is 1.88. The molecular weight excluding hydrogens is 350 g/mol. The second-order valence-electron chi connectivity index (χ2n) is 3.53. The second-order valence-corrected chi connectivity index (χ2v) is 8.28. The van der Waals surface area contributed by atoms with Crippen molar-refractivity contribution in [2.45, 2.75) is 5.25 Å². The molecule has 0 N–H and O–H groups in total. The van der Waals surface area contributed by atoms with Gasteiger partial charge in [0.2, 0.25) is 0 Å². The van der Waals surface area contributed by atoms with Crippen LogP contribution in [0.2, 0.25) is 0 Å². The second kappa shape index (κ2) is 6.99. The molecule has 1 aliphatic carbocycles. The van der Waals surface area contributed by atoms with E-state index in [-0.39, 0.29) is 0 Å². The summed E-state index contributed by atoms with van der Waals surface area (Å²) in [4.78, 5) is 0. The van der Waals surface area contributed by atoms with Crippen LogP contribution in [0.4, 0.5) is 0 Å². The zero-order valence-corrected chi connectivity index (χ0v) is 13.7. The summed E-state index contributed by atoms with van der Waals surface area (Å²) in [5.74, 6) is 0. The summed E-state index contributed by atoms with van der Waals surface area (Å²) in [5, 5.41) is 2.85. The van der Waals surface area contributed by atoms with Gasteiger partial charge < -0.3 is 0 Å². The van der Waals surface area contributed by atoms with Gasteiger partial charge in [0.25, 0.3) is 0 Å². The molecule has 1 unspecified atom stereocenters. The minimum absolute atomic E-state index is 0.574. The van der Waals surface area contributed by atoms with Crippen LogP contribution >= 0.6 is 28.8 Å². The Balaban J connectivity index is 0.000000329. The molecule has 0 spiro atoms. The molecule has 1 aromatic rings. The maximum absolute atomic E-state index is 4.93. The predicted octanol–water partition coefficient (Wildman–Crippen LogP) is 5.02. The third-order valence-electron chi connectivity index (χ3n) is 2.60. The van der Waals surface area contributed by atoms with Gasteiger partial charge in [0.05, 0.1) is 5.25 Å². The molecule has 3 rings (SSSR count). The number of hydrogen-bond acceptors (Lipinski definition) is 1. The molecule has 0 saturated carbocycles. The van der Waals surface area contributed by atoms with Gasteiger partial charge in [-0.25, -0.2) is 0 Å². The van der Waals surface area contributed by atoms with E-state index in [2.05, 4.69) is 54.0 Å². The van der Waals surface area contributed by atoms with Gasteiger partial charge in [-0.1, -0.05) is 48.6 Å². The van der Waals surface area contributed by atoms with E-state index in [1.54, 1.807) is 0 Å². The number of rotatable bonds is 1. The molecule has 0 bridgehead atoms. The molecule has 0 nitrogen and oxygen atoms in total. The molecular formula is C13H10Cl2SZr. The van der Waals surface area contributed by atoms with Crippen molar-refractivity contribution in [2.24, 2.45) is 0 Å². The average Bonchev–Trinajstić information content (AvgIpc) is 2.92. The van der Waals surface area contributed by atoms with E-state index in [1.165, 1.54) is 16.7 Å². The van der Waals surface area contributed by atoms with E-state index in [0.29, 0.717) is 5.25 Å². The fourth-order valence-corrected chi connectivity index (χ4v) is 2.97. The molecule has 1 atom stereocenters. The van der Waals surface area contributed by atoms with E-state index in [4.69, 9.17) is 17.0 Å². The van der Waals surface area contributed by atoms with Crippen LogP contribution in [0.15, 0.2) is 59.5 Å². The van der Waals surface area contributed by atoms with Crippen LogP contribution in [0.3, 0.4) is 0 Å². The van der Waals surface area contributed by atoms with Crippen LogP contribution in [0.5, 0.6) is 0 Å². The van der Waals surface area contributed by atoms with Crippen LogP contribution < -0.4 is 0 Å². The molecule has 2 aliphatic rings. The van der Waals surface area contributed by atoms with Gasteiger partial charge in [0, 0.05) is 0 Å². The Morgan fingerprint density at radius 1 is 1.12 bits per heavy atom. The van der Waals surface area contributed by atoms with Gasteiger partial charge in [-0.2, -0.15) is 0 Å². The Bertz CT molecular complexity index is 466. The van der Waals surface area contributed by atoms with E-state index < -0.39 is 20.8 Å². The standard InChI is InChI=1S/C13H10S.2ClH.Zr/c1-2-5-10(6-3-1)12-9-14-13-8-4-7-11(12)13;;;/h1-9,13H;2*1H;/q;;;+2/p-2. The molecule has 0 fully saturated rings. The number of thioether (sulfide) groups is 1. The van der Waals surface area contributed by atoms with E-state index in [9.17, 15) is 0 Å². The molecule has 0 radical (unpaired) electrons. The summed E-state index contributed by atoms with van der Waals surface area (Å²) in [6.45, 7) is 0. The van der Waals surface area contributed by atoms with Crippen molar-refractivity contribution in [3.63, 3.8) is 0 Å². The summed E-state index contributed by atoms with van der Waals surface area (Å²) in [6, 6.07) is 10.6. The van der Waals surface area contributed by atoms with Gasteiger partial charge in [-0.3, -0.25) is 0 Å². The van der Waals surface area contributed by atoms with Gasteiger partial charge >= 0.3 is 37.9 Å². The van der Waals surface area contributed by atoms with Crippen molar-refractivity contribution < 1.29 is 20.8 Å². The Labute approximate surface area is 124 Å². The SMILES string of the molecule is C1=CC2SC=C(c3ccccc3)C2=C1.[Cl][Zr][Cl]. The number of benzene rings is 1. The summed E-state index contributed by atoms with van der Waals surface area (Å²) in [7, 11) is 9.87. The molecule has 1 heterocycles. The quantitative estimate of drug-likeness (QED) is 0.678. The molecule has 0 amide bonds. The van der Waals surface area contributed by atoms with Crippen molar-refractivity contribution in [1.82, 2.24) is 0 Å². The van der Waals surface area contributed by atoms with Crippen LogP contribution in [0, 0.1) is 0 Å². The van der Waals surface area contributed by atoms with Crippen molar-refractivity contribution in [1.29, 1.82) is 0 Å². The first kappa shape index (κ1) is 13.7. The first-order valence-corrected chi connectivity index (χ1v) is 12.4. The Morgan fingerprint density at radius 3 is 2.53 bits per heavy atom. The number of fused-ring (bicyclic) bond motifs is 1. The van der Waals surface area contributed by atoms with E-state index in [0.717, 1.165) is 0 Å². The van der Waals surface area contributed by atoms with Crippen LogP contribution in [-0.4, -0.2) is 5.25 Å². The molecule has 0 saturated heterocycles. The van der Waals surface area contributed by atoms with Gasteiger partial charge in [-0.05, 0) is 22.1 Å². The first-order chi connectivity index (χ1) is 8.36. The number of halogens is 2. The van der Waals surface area contributed by atoms with Crippen LogP contribution in [0.25, 0.3) is 5.57 Å². The first-order valence-electron chi connectivity index (χ1n) is 5.13. The summed E-state index contributed by atoms with van der Waals surface area (Å²) < 4.78 is 0. The normalized spacial score (nSPS) is 20.0.